The van der Waals surface area contributed by atoms with Crippen molar-refractivity contribution in [3.8, 4) is 0 Å². The number of carbonyl (C=O) groups excluding carboxylic acids is 2. The third-order valence-electron chi connectivity index (χ3n) is 3.55. The fraction of sp³-hybridized carbons (Fsp3) is 0. The normalized spacial score (nSPS) is 13.4. The van der Waals surface area contributed by atoms with Crippen molar-refractivity contribution in [2.24, 2.45) is 0 Å². The minimum absolute atomic E-state index is 0.0296. The maximum Gasteiger partial charge on any atom is 0.409 e. The molecule has 0 fully saturated rings. The second-order valence-electron chi connectivity index (χ2n) is 5.00. The van der Waals surface area contributed by atoms with E-state index >= 15 is 0 Å². The zero-order valence-corrected chi connectivity index (χ0v) is 11.9. The zero-order chi connectivity index (χ0) is 16.8. The maximum atomic E-state index is 12.5. The van der Waals surface area contributed by atoms with Crippen molar-refractivity contribution in [3.05, 3.63) is 47.7 Å². The van der Waals surface area contributed by atoms with Gasteiger partial charge in [-0.15, -0.1) is 0 Å². The first kappa shape index (κ1) is 13.9. The summed E-state index contributed by atoms with van der Waals surface area (Å²) in [4.78, 5) is 40.5. The molecule has 9 heteroatoms. The number of anilines is 2. The predicted octanol–water partition coefficient (Wildman–Crippen LogP) is 2.11. The molecule has 1 aliphatic heterocycles. The summed E-state index contributed by atoms with van der Waals surface area (Å²) in [6.45, 7) is 0. The van der Waals surface area contributed by atoms with E-state index in [9.17, 15) is 14.4 Å². The van der Waals surface area contributed by atoms with Crippen molar-refractivity contribution in [2.75, 3.05) is 10.2 Å². The molecular weight excluding hydrogens is 316 g/mol. The lowest BCUT2D eigenvalue weighted by Gasteiger charge is -2.09. The van der Waals surface area contributed by atoms with Gasteiger partial charge in [0.1, 0.15) is 0 Å². The Balaban J connectivity index is 1.79. The van der Waals surface area contributed by atoms with Gasteiger partial charge in [-0.2, -0.15) is 0 Å². The highest BCUT2D eigenvalue weighted by atomic mass is 16.5. The highest BCUT2D eigenvalue weighted by Crippen LogP contribution is 2.32. The number of carbonyl (C=O) groups is 3. The van der Waals surface area contributed by atoms with Crippen molar-refractivity contribution in [3.63, 3.8) is 0 Å². The van der Waals surface area contributed by atoms with Gasteiger partial charge in [-0.3, -0.25) is 14.9 Å². The molecule has 2 N–H and O–H groups in total. The van der Waals surface area contributed by atoms with Gasteiger partial charge in [0.25, 0.3) is 11.8 Å². The van der Waals surface area contributed by atoms with Crippen LogP contribution in [0.15, 0.2) is 41.1 Å². The fourth-order valence-corrected chi connectivity index (χ4v) is 2.54. The molecule has 9 nitrogen and oxygen atoms in total. The molecule has 3 heterocycles. The highest BCUT2D eigenvalue weighted by Gasteiger charge is 2.39. The van der Waals surface area contributed by atoms with Crippen molar-refractivity contribution in [2.45, 2.75) is 0 Å². The van der Waals surface area contributed by atoms with Crippen molar-refractivity contribution >= 4 is 40.5 Å². The zero-order valence-electron chi connectivity index (χ0n) is 11.9. The lowest BCUT2D eigenvalue weighted by Crippen LogP contribution is -2.29. The number of pyridine rings is 1. The second kappa shape index (κ2) is 4.88. The average molecular weight is 324 g/mol. The average Bonchev–Trinajstić information content (AvgIpc) is 3.07. The third-order valence-corrected chi connectivity index (χ3v) is 3.55. The first-order chi connectivity index (χ1) is 11.6. The van der Waals surface area contributed by atoms with Crippen LogP contribution in [0, 0.1) is 0 Å². The number of nitrogens with zero attached hydrogens (tertiary/aromatic N) is 3. The second-order valence-corrected chi connectivity index (χ2v) is 5.00. The molecule has 0 radical (unpaired) electrons. The Morgan fingerprint density at radius 1 is 1.17 bits per heavy atom. The molecule has 0 saturated heterocycles. The molecule has 0 spiro atoms. The van der Waals surface area contributed by atoms with Crippen molar-refractivity contribution < 1.29 is 24.0 Å². The molecule has 1 aromatic carbocycles. The van der Waals surface area contributed by atoms with Gasteiger partial charge >= 0.3 is 6.09 Å². The van der Waals surface area contributed by atoms with Crippen LogP contribution >= 0.6 is 0 Å². The van der Waals surface area contributed by atoms with Crippen molar-refractivity contribution in [1.82, 2.24) is 10.1 Å². The number of imide groups is 1. The molecule has 3 amide bonds. The number of benzene rings is 1. The van der Waals surface area contributed by atoms with Gasteiger partial charge < -0.3 is 9.63 Å². The number of rotatable bonds is 2. The Morgan fingerprint density at radius 3 is 2.46 bits per heavy atom. The lowest BCUT2D eigenvalue weighted by molar-refractivity contribution is 0.0924. The van der Waals surface area contributed by atoms with Crippen LogP contribution in [0.1, 0.15) is 20.7 Å². The van der Waals surface area contributed by atoms with E-state index in [1.165, 1.54) is 12.3 Å². The van der Waals surface area contributed by atoms with Crippen LogP contribution in [0.3, 0.4) is 0 Å². The van der Waals surface area contributed by atoms with Gasteiger partial charge in [0.2, 0.25) is 5.82 Å². The molecule has 4 rings (SSSR count). The molecule has 0 aliphatic carbocycles. The van der Waals surface area contributed by atoms with E-state index in [1.54, 1.807) is 24.3 Å². The molecule has 1 aliphatic rings. The van der Waals surface area contributed by atoms with Gasteiger partial charge in [-0.1, -0.05) is 17.3 Å². The van der Waals surface area contributed by atoms with Gasteiger partial charge in [0.05, 0.1) is 23.0 Å². The number of hydrogen-bond acceptors (Lipinski definition) is 6. The van der Waals surface area contributed by atoms with Crippen molar-refractivity contribution in [1.29, 1.82) is 0 Å². The number of hydrogen-bond donors (Lipinski definition) is 2. The van der Waals surface area contributed by atoms with E-state index < -0.39 is 17.9 Å². The molecule has 0 saturated carbocycles. The maximum absolute atomic E-state index is 12.5. The Labute approximate surface area is 133 Å². The summed E-state index contributed by atoms with van der Waals surface area (Å²) in [5.41, 5.74) is 1.07. The van der Waals surface area contributed by atoms with E-state index in [-0.39, 0.29) is 33.7 Å². The number of aromatic nitrogens is 2. The highest BCUT2D eigenvalue weighted by molar-refractivity contribution is 6.35. The molecule has 3 aromatic rings. The lowest BCUT2D eigenvalue weighted by atomic mass is 10.1. The fourth-order valence-electron chi connectivity index (χ4n) is 2.54. The summed E-state index contributed by atoms with van der Waals surface area (Å²) in [6, 6.07) is 7.80. The summed E-state index contributed by atoms with van der Waals surface area (Å²) < 4.78 is 5.09. The monoisotopic (exact) mass is 324 g/mol. The van der Waals surface area contributed by atoms with E-state index in [1.807, 2.05) is 0 Å². The minimum atomic E-state index is -1.25. The molecule has 0 bridgehead atoms. The van der Waals surface area contributed by atoms with Crippen LogP contribution in [0.4, 0.5) is 16.3 Å². The Morgan fingerprint density at radius 2 is 1.83 bits per heavy atom. The predicted molar refractivity (Wildman–Crippen MR) is 81.0 cm³/mol. The van der Waals surface area contributed by atoms with Crippen LogP contribution in [0.5, 0.6) is 0 Å². The summed E-state index contributed by atoms with van der Waals surface area (Å²) in [7, 11) is 0. The molecule has 24 heavy (non-hydrogen) atoms. The van der Waals surface area contributed by atoms with Crippen LogP contribution in [0.2, 0.25) is 0 Å². The van der Waals surface area contributed by atoms with E-state index in [0.717, 1.165) is 4.90 Å². The quantitative estimate of drug-likeness (QED) is 0.691. The van der Waals surface area contributed by atoms with Crippen LogP contribution in [0.25, 0.3) is 11.1 Å². The van der Waals surface area contributed by atoms with Crippen LogP contribution in [-0.4, -0.2) is 33.2 Å². The summed E-state index contributed by atoms with van der Waals surface area (Å²) in [5.74, 6) is -1.06. The Kier molecular flexibility index (Phi) is 2.82. The first-order valence-electron chi connectivity index (χ1n) is 6.79. The van der Waals surface area contributed by atoms with E-state index in [2.05, 4.69) is 15.5 Å². The number of carboxylic acid groups (broad SMARTS) is 1. The topological polar surface area (TPSA) is 126 Å². The van der Waals surface area contributed by atoms with Gasteiger partial charge in [-0.05, 0) is 12.1 Å². The number of nitrogens with one attached hydrogen (secondary N) is 1. The molecular formula is C15H8N4O5. The smallest absolute Gasteiger partial charge is 0.409 e. The molecule has 118 valence electrons. The van der Waals surface area contributed by atoms with E-state index in [0.29, 0.717) is 0 Å². The summed E-state index contributed by atoms with van der Waals surface area (Å²) in [5, 5.41) is 14.6. The van der Waals surface area contributed by atoms with Gasteiger partial charge in [-0.25, -0.2) is 14.7 Å². The summed E-state index contributed by atoms with van der Waals surface area (Å²) >= 11 is 0. The number of amides is 3. The number of fused-ring (bicyclic) bond motifs is 2. The summed E-state index contributed by atoms with van der Waals surface area (Å²) in [6.07, 6.45) is -0.00813. The first-order valence-corrected chi connectivity index (χ1v) is 6.79. The Hall–Kier alpha value is -3.75. The molecule has 0 unspecified atom stereocenters. The van der Waals surface area contributed by atoms with E-state index in [4.69, 9.17) is 9.63 Å². The minimum Gasteiger partial charge on any atom is -0.465 e. The van der Waals surface area contributed by atoms with Crippen LogP contribution in [-0.2, 0) is 0 Å². The van der Waals surface area contributed by atoms with Gasteiger partial charge in [0.15, 0.2) is 11.1 Å². The van der Waals surface area contributed by atoms with Crippen LogP contribution < -0.4 is 10.2 Å². The molecule has 0 atom stereocenters. The third kappa shape index (κ3) is 1.92. The Bertz CT molecular complexity index is 991. The van der Waals surface area contributed by atoms with Gasteiger partial charge in [0, 0.05) is 6.07 Å². The SMILES string of the molecule is O=C(O)Nc1cnc2c(N3C(=O)c4ccccc4C3=O)noc2c1. The standard InChI is InChI=1S/C15H8N4O5/c20-13-8-3-1-2-4-9(8)14(21)19(13)12-11-10(24-18-12)5-7(6-16-11)17-15(22)23/h1-6,17H,(H,22,23). The molecule has 2 aromatic heterocycles. The largest absolute Gasteiger partial charge is 0.465 e.